The van der Waals surface area contributed by atoms with E-state index in [1.165, 1.54) is 6.92 Å². The van der Waals surface area contributed by atoms with Crippen molar-refractivity contribution in [1.29, 1.82) is 0 Å². The molecular weight excluding hydrogens is 396 g/mol. The van der Waals surface area contributed by atoms with Crippen molar-refractivity contribution in [2.24, 2.45) is 0 Å². The average Bonchev–Trinajstić information content (AvgIpc) is 3.35. The van der Waals surface area contributed by atoms with Crippen molar-refractivity contribution < 1.29 is 24.2 Å². The Labute approximate surface area is 179 Å². The zero-order chi connectivity index (χ0) is 21.8. The van der Waals surface area contributed by atoms with Gasteiger partial charge in [-0.05, 0) is 30.2 Å². The summed E-state index contributed by atoms with van der Waals surface area (Å²) < 4.78 is 10.7. The molecule has 0 saturated carbocycles. The van der Waals surface area contributed by atoms with Crippen LogP contribution in [0.3, 0.4) is 0 Å². The molecule has 2 aromatic heterocycles. The number of carbonyl (C=O) groups is 2. The van der Waals surface area contributed by atoms with Gasteiger partial charge >= 0.3 is 11.9 Å². The van der Waals surface area contributed by atoms with Gasteiger partial charge in [-0.3, -0.25) is 9.59 Å². The van der Waals surface area contributed by atoms with E-state index < -0.39 is 24.1 Å². The Bertz CT molecular complexity index is 1210. The highest BCUT2D eigenvalue weighted by atomic mass is 16.6. The molecule has 0 radical (unpaired) electrons. The molecule has 0 saturated heterocycles. The smallest absolute Gasteiger partial charge is 0.310 e. The molecule has 0 aliphatic heterocycles. The molecule has 2 atom stereocenters. The van der Waals surface area contributed by atoms with E-state index >= 15 is 0 Å². The van der Waals surface area contributed by atoms with E-state index in [9.17, 15) is 14.7 Å². The van der Waals surface area contributed by atoms with Gasteiger partial charge in [-0.15, -0.1) is 0 Å². The standard InChI is InChI=1S/C24H24N2O5/c1-15(27)22(31-24(29)11-17-13-26-21-9-5-3-7-19(17)21)14-30-23(28)10-16-12-25-20-8-4-2-6-18(16)20/h2-9,12-13,15,22,25-27H,10-11,14H2,1H3/t15-,22+/m1/s1. The minimum atomic E-state index is -0.979. The Morgan fingerprint density at radius 3 is 1.94 bits per heavy atom. The molecule has 4 rings (SSSR count). The number of hydrogen-bond donors (Lipinski definition) is 3. The lowest BCUT2D eigenvalue weighted by Crippen LogP contribution is -2.35. The minimum absolute atomic E-state index is 0.0521. The number of fused-ring (bicyclic) bond motifs is 2. The van der Waals surface area contributed by atoms with Crippen molar-refractivity contribution in [2.75, 3.05) is 6.61 Å². The van der Waals surface area contributed by atoms with Gasteiger partial charge in [-0.2, -0.15) is 0 Å². The van der Waals surface area contributed by atoms with Crippen LogP contribution in [-0.2, 0) is 31.9 Å². The molecule has 2 heterocycles. The Morgan fingerprint density at radius 1 is 0.871 bits per heavy atom. The number of hydrogen-bond acceptors (Lipinski definition) is 5. The fourth-order valence-corrected chi connectivity index (χ4v) is 3.58. The lowest BCUT2D eigenvalue weighted by Gasteiger charge is -2.20. The molecule has 0 amide bonds. The van der Waals surface area contributed by atoms with E-state index in [4.69, 9.17) is 9.47 Å². The maximum atomic E-state index is 12.4. The van der Waals surface area contributed by atoms with Crippen LogP contribution in [0.2, 0.25) is 0 Å². The van der Waals surface area contributed by atoms with Crippen LogP contribution in [0.4, 0.5) is 0 Å². The van der Waals surface area contributed by atoms with E-state index in [1.807, 2.05) is 48.5 Å². The number of aromatic amines is 2. The molecule has 7 heteroatoms. The molecule has 31 heavy (non-hydrogen) atoms. The van der Waals surface area contributed by atoms with Crippen molar-refractivity contribution in [3.8, 4) is 0 Å². The number of rotatable bonds is 8. The predicted octanol–water partition coefficient (Wildman–Crippen LogP) is 3.27. The zero-order valence-electron chi connectivity index (χ0n) is 17.1. The SMILES string of the molecule is C[C@@H](O)[C@H](COC(=O)Cc1c[nH]c2ccccc12)OC(=O)Cc1c[nH]c2ccccc12. The van der Waals surface area contributed by atoms with Crippen molar-refractivity contribution in [2.45, 2.75) is 32.0 Å². The van der Waals surface area contributed by atoms with Crippen LogP contribution in [0.1, 0.15) is 18.1 Å². The second-order valence-electron chi connectivity index (χ2n) is 7.52. The molecule has 160 valence electrons. The Kier molecular flexibility index (Phi) is 6.04. The maximum Gasteiger partial charge on any atom is 0.310 e. The molecule has 7 nitrogen and oxygen atoms in total. The number of nitrogens with one attached hydrogen (secondary N) is 2. The zero-order valence-corrected chi connectivity index (χ0v) is 17.1. The van der Waals surface area contributed by atoms with Gasteiger partial charge in [0.1, 0.15) is 6.61 Å². The van der Waals surface area contributed by atoms with E-state index in [0.29, 0.717) is 0 Å². The van der Waals surface area contributed by atoms with Gasteiger partial charge < -0.3 is 24.5 Å². The Hall–Kier alpha value is -3.58. The summed E-state index contributed by atoms with van der Waals surface area (Å²) in [4.78, 5) is 31.0. The van der Waals surface area contributed by atoms with Gasteiger partial charge in [0.25, 0.3) is 0 Å². The van der Waals surface area contributed by atoms with Gasteiger partial charge in [0, 0.05) is 34.2 Å². The number of carbonyl (C=O) groups excluding carboxylic acids is 2. The first-order chi connectivity index (χ1) is 15.0. The first-order valence-corrected chi connectivity index (χ1v) is 10.1. The largest absolute Gasteiger partial charge is 0.461 e. The highest BCUT2D eigenvalue weighted by Crippen LogP contribution is 2.20. The first kappa shape index (κ1) is 20.7. The lowest BCUT2D eigenvalue weighted by atomic mass is 10.1. The van der Waals surface area contributed by atoms with E-state index in [1.54, 1.807) is 12.4 Å². The monoisotopic (exact) mass is 420 g/mol. The first-order valence-electron chi connectivity index (χ1n) is 10.1. The van der Waals surface area contributed by atoms with Crippen LogP contribution in [0, 0.1) is 0 Å². The van der Waals surface area contributed by atoms with Crippen LogP contribution in [-0.4, -0.2) is 45.8 Å². The van der Waals surface area contributed by atoms with Crippen molar-refractivity contribution in [3.63, 3.8) is 0 Å². The number of esters is 2. The summed E-state index contributed by atoms with van der Waals surface area (Å²) in [6.45, 7) is 1.29. The second-order valence-corrected chi connectivity index (χ2v) is 7.52. The summed E-state index contributed by atoms with van der Waals surface area (Å²) in [5.41, 5.74) is 3.51. The van der Waals surface area contributed by atoms with Crippen molar-refractivity contribution >= 4 is 33.7 Å². The maximum absolute atomic E-state index is 12.4. The van der Waals surface area contributed by atoms with Gasteiger partial charge in [-0.25, -0.2) is 0 Å². The quantitative estimate of drug-likeness (QED) is 0.380. The van der Waals surface area contributed by atoms with Gasteiger partial charge in [0.15, 0.2) is 6.10 Å². The molecule has 0 aliphatic carbocycles. The number of aliphatic hydroxyl groups excluding tert-OH is 1. The Balaban J connectivity index is 1.33. The van der Waals surface area contributed by atoms with E-state index in [-0.39, 0.29) is 19.4 Å². The van der Waals surface area contributed by atoms with Crippen LogP contribution in [0.5, 0.6) is 0 Å². The highest BCUT2D eigenvalue weighted by Gasteiger charge is 2.23. The number of aromatic nitrogens is 2. The highest BCUT2D eigenvalue weighted by molar-refractivity contribution is 5.88. The summed E-state index contributed by atoms with van der Waals surface area (Å²) in [6.07, 6.45) is 1.76. The fourth-order valence-electron chi connectivity index (χ4n) is 3.58. The molecule has 4 aromatic rings. The van der Waals surface area contributed by atoms with Crippen molar-refractivity contribution in [3.05, 3.63) is 72.1 Å². The summed E-state index contributed by atoms with van der Waals surface area (Å²) in [5.74, 6) is -0.952. The average molecular weight is 420 g/mol. The lowest BCUT2D eigenvalue weighted by molar-refractivity contribution is -0.164. The van der Waals surface area contributed by atoms with Gasteiger partial charge in [0.2, 0.25) is 0 Å². The third-order valence-corrected chi connectivity index (χ3v) is 5.25. The molecule has 3 N–H and O–H groups in total. The number of H-pyrrole nitrogens is 2. The number of aliphatic hydroxyl groups is 1. The molecular formula is C24H24N2O5. The second kappa shape index (κ2) is 9.06. The molecule has 2 aromatic carbocycles. The fraction of sp³-hybridized carbons (Fsp3) is 0.250. The summed E-state index contributed by atoms with van der Waals surface area (Å²) in [7, 11) is 0. The van der Waals surface area contributed by atoms with E-state index in [2.05, 4.69) is 9.97 Å². The number of ether oxygens (including phenoxy) is 2. The van der Waals surface area contributed by atoms with Crippen LogP contribution in [0.15, 0.2) is 60.9 Å². The van der Waals surface area contributed by atoms with Gasteiger partial charge in [0.05, 0.1) is 18.9 Å². The minimum Gasteiger partial charge on any atom is -0.461 e. The van der Waals surface area contributed by atoms with Gasteiger partial charge in [-0.1, -0.05) is 36.4 Å². The molecule has 0 spiro atoms. The van der Waals surface area contributed by atoms with Crippen LogP contribution >= 0.6 is 0 Å². The molecule has 0 bridgehead atoms. The van der Waals surface area contributed by atoms with Crippen LogP contribution < -0.4 is 0 Å². The Morgan fingerprint density at radius 2 is 1.39 bits per heavy atom. The summed E-state index contributed by atoms with van der Waals surface area (Å²) >= 11 is 0. The van der Waals surface area contributed by atoms with Crippen LogP contribution in [0.25, 0.3) is 21.8 Å². The molecule has 0 aliphatic rings. The topological polar surface area (TPSA) is 104 Å². The normalized spacial score (nSPS) is 13.2. The summed E-state index contributed by atoms with van der Waals surface area (Å²) in [5, 5.41) is 11.9. The molecule has 0 unspecified atom stereocenters. The number of para-hydroxylation sites is 2. The third kappa shape index (κ3) is 4.78. The third-order valence-electron chi connectivity index (χ3n) is 5.25. The van der Waals surface area contributed by atoms with Crippen molar-refractivity contribution in [1.82, 2.24) is 9.97 Å². The predicted molar refractivity (Wildman–Crippen MR) is 117 cm³/mol. The van der Waals surface area contributed by atoms with E-state index in [0.717, 1.165) is 32.9 Å². The summed E-state index contributed by atoms with van der Waals surface area (Å²) in [6, 6.07) is 15.3. The molecule has 0 fully saturated rings. The number of benzene rings is 2.